The highest BCUT2D eigenvalue weighted by atomic mass is 19.1. The SMILES string of the molecule is Cc1cc(C)c(NC(=O)CN(C)C(=O)CCc2nc(-c3ccc(F)cc3)no2)c(C)c1. The molecule has 0 bridgehead atoms. The number of anilines is 1. The van der Waals surface area contributed by atoms with Crippen LogP contribution in [0.2, 0.25) is 0 Å². The molecule has 162 valence electrons. The Morgan fingerprint density at radius 2 is 1.74 bits per heavy atom. The Morgan fingerprint density at radius 1 is 1.10 bits per heavy atom. The molecular formula is C23H25FN4O3. The minimum absolute atomic E-state index is 0.0593. The van der Waals surface area contributed by atoms with Crippen molar-refractivity contribution in [3.63, 3.8) is 0 Å². The number of hydrogen-bond acceptors (Lipinski definition) is 5. The van der Waals surface area contributed by atoms with Crippen LogP contribution in [0.1, 0.15) is 29.0 Å². The third-order valence-electron chi connectivity index (χ3n) is 4.87. The molecular weight excluding hydrogens is 399 g/mol. The van der Waals surface area contributed by atoms with Gasteiger partial charge in [-0.2, -0.15) is 4.98 Å². The zero-order valence-corrected chi connectivity index (χ0v) is 18.0. The van der Waals surface area contributed by atoms with E-state index in [-0.39, 0.29) is 37.0 Å². The van der Waals surface area contributed by atoms with Gasteiger partial charge in [0.1, 0.15) is 5.82 Å². The van der Waals surface area contributed by atoms with E-state index in [0.717, 1.165) is 22.4 Å². The third-order valence-corrected chi connectivity index (χ3v) is 4.87. The number of carbonyl (C=O) groups excluding carboxylic acids is 2. The largest absolute Gasteiger partial charge is 0.339 e. The van der Waals surface area contributed by atoms with Crippen LogP contribution >= 0.6 is 0 Å². The van der Waals surface area contributed by atoms with Gasteiger partial charge in [0.25, 0.3) is 0 Å². The van der Waals surface area contributed by atoms with E-state index in [1.165, 1.54) is 17.0 Å². The van der Waals surface area contributed by atoms with Crippen LogP contribution in [0.3, 0.4) is 0 Å². The van der Waals surface area contributed by atoms with Crippen LogP contribution in [-0.2, 0) is 16.0 Å². The zero-order valence-electron chi connectivity index (χ0n) is 18.0. The molecule has 0 spiro atoms. The number of aromatic nitrogens is 2. The first-order chi connectivity index (χ1) is 14.7. The van der Waals surface area contributed by atoms with Crippen LogP contribution in [0, 0.1) is 26.6 Å². The topological polar surface area (TPSA) is 88.3 Å². The number of amides is 2. The summed E-state index contributed by atoms with van der Waals surface area (Å²) in [6.07, 6.45) is 0.368. The van der Waals surface area contributed by atoms with Crippen molar-refractivity contribution in [3.8, 4) is 11.4 Å². The second-order valence-electron chi connectivity index (χ2n) is 7.59. The number of aryl methyl sites for hydroxylation is 4. The first-order valence-electron chi connectivity index (χ1n) is 9.93. The molecule has 8 heteroatoms. The number of hydrogen-bond donors (Lipinski definition) is 1. The Morgan fingerprint density at radius 3 is 2.39 bits per heavy atom. The summed E-state index contributed by atoms with van der Waals surface area (Å²) in [5, 5.41) is 6.75. The Balaban J connectivity index is 1.52. The summed E-state index contributed by atoms with van der Waals surface area (Å²) < 4.78 is 18.2. The van der Waals surface area contributed by atoms with Crippen molar-refractivity contribution in [1.29, 1.82) is 0 Å². The summed E-state index contributed by atoms with van der Waals surface area (Å²) in [5.41, 5.74) is 4.49. The molecule has 0 saturated carbocycles. The number of nitrogens with zero attached hydrogens (tertiary/aromatic N) is 3. The molecule has 2 amide bonds. The first kappa shape index (κ1) is 22.1. The third kappa shape index (κ3) is 5.75. The molecule has 0 saturated heterocycles. The number of benzene rings is 2. The fourth-order valence-corrected chi connectivity index (χ4v) is 3.34. The fourth-order valence-electron chi connectivity index (χ4n) is 3.34. The fraction of sp³-hybridized carbons (Fsp3) is 0.304. The molecule has 0 fully saturated rings. The van der Waals surface area contributed by atoms with Gasteiger partial charge in [-0.05, 0) is 56.2 Å². The van der Waals surface area contributed by atoms with Crippen LogP contribution in [0.5, 0.6) is 0 Å². The molecule has 2 aromatic carbocycles. The summed E-state index contributed by atoms with van der Waals surface area (Å²) in [6, 6.07) is 9.74. The lowest BCUT2D eigenvalue weighted by molar-refractivity contribution is -0.133. The maximum atomic E-state index is 13.0. The Kier molecular flexibility index (Phi) is 6.79. The Labute approximate surface area is 180 Å². The van der Waals surface area contributed by atoms with Crippen molar-refractivity contribution in [2.24, 2.45) is 0 Å². The van der Waals surface area contributed by atoms with Crippen molar-refractivity contribution >= 4 is 17.5 Å². The van der Waals surface area contributed by atoms with Crippen LogP contribution in [0.15, 0.2) is 40.9 Å². The zero-order chi connectivity index (χ0) is 22.5. The quantitative estimate of drug-likeness (QED) is 0.623. The van der Waals surface area contributed by atoms with Crippen LogP contribution < -0.4 is 5.32 Å². The lowest BCUT2D eigenvalue weighted by Gasteiger charge is -2.18. The van der Waals surface area contributed by atoms with Crippen LogP contribution in [-0.4, -0.2) is 40.4 Å². The van der Waals surface area contributed by atoms with Crippen molar-refractivity contribution in [2.45, 2.75) is 33.6 Å². The predicted octanol–water partition coefficient (Wildman–Crippen LogP) is 3.83. The molecule has 1 N–H and O–H groups in total. The number of likely N-dealkylation sites (N-methyl/N-ethyl adjacent to an activating group) is 1. The molecule has 0 radical (unpaired) electrons. The normalized spacial score (nSPS) is 10.7. The molecule has 0 aliphatic carbocycles. The van der Waals surface area contributed by atoms with E-state index in [4.69, 9.17) is 4.52 Å². The Bertz CT molecular complexity index is 1070. The van der Waals surface area contributed by atoms with Crippen LogP contribution in [0.4, 0.5) is 10.1 Å². The molecule has 3 rings (SSSR count). The molecule has 0 aliphatic rings. The van der Waals surface area contributed by atoms with E-state index < -0.39 is 0 Å². The lowest BCUT2D eigenvalue weighted by Crippen LogP contribution is -2.35. The van der Waals surface area contributed by atoms with Gasteiger partial charge in [0.05, 0.1) is 6.54 Å². The molecule has 0 unspecified atom stereocenters. The van der Waals surface area contributed by atoms with Gasteiger partial charge in [-0.1, -0.05) is 22.9 Å². The van der Waals surface area contributed by atoms with Gasteiger partial charge < -0.3 is 14.7 Å². The molecule has 3 aromatic rings. The average Bonchev–Trinajstić information content (AvgIpc) is 3.18. The van der Waals surface area contributed by atoms with Gasteiger partial charge in [0.15, 0.2) is 0 Å². The molecule has 0 aliphatic heterocycles. The molecule has 1 aromatic heterocycles. The van der Waals surface area contributed by atoms with Crippen molar-refractivity contribution in [1.82, 2.24) is 15.0 Å². The highest BCUT2D eigenvalue weighted by Gasteiger charge is 2.17. The minimum Gasteiger partial charge on any atom is -0.339 e. The monoisotopic (exact) mass is 424 g/mol. The highest BCUT2D eigenvalue weighted by Crippen LogP contribution is 2.22. The minimum atomic E-state index is -0.349. The van der Waals surface area contributed by atoms with Crippen molar-refractivity contribution < 1.29 is 18.5 Å². The van der Waals surface area contributed by atoms with Crippen molar-refractivity contribution in [3.05, 3.63) is 64.8 Å². The van der Waals surface area contributed by atoms with Gasteiger partial charge >= 0.3 is 0 Å². The summed E-state index contributed by atoms with van der Waals surface area (Å²) in [7, 11) is 1.58. The maximum absolute atomic E-state index is 13.0. The summed E-state index contributed by atoms with van der Waals surface area (Å²) in [6.45, 7) is 5.82. The second-order valence-corrected chi connectivity index (χ2v) is 7.59. The van der Waals surface area contributed by atoms with Crippen LogP contribution in [0.25, 0.3) is 11.4 Å². The number of rotatable bonds is 7. The van der Waals surface area contributed by atoms with Gasteiger partial charge in [-0.3, -0.25) is 9.59 Å². The van der Waals surface area contributed by atoms with Crippen molar-refractivity contribution in [2.75, 3.05) is 18.9 Å². The number of carbonyl (C=O) groups is 2. The van der Waals surface area contributed by atoms with E-state index in [0.29, 0.717) is 17.3 Å². The number of nitrogens with one attached hydrogen (secondary N) is 1. The smallest absolute Gasteiger partial charge is 0.243 e. The van der Waals surface area contributed by atoms with E-state index >= 15 is 0 Å². The second kappa shape index (κ2) is 9.51. The standard InChI is InChI=1S/C23H25FN4O3/c1-14-11-15(2)22(16(3)12-14)25-19(29)13-28(4)21(30)10-9-20-26-23(27-31-20)17-5-7-18(24)8-6-17/h5-8,11-12H,9-10,13H2,1-4H3,(H,25,29). The maximum Gasteiger partial charge on any atom is 0.243 e. The molecule has 1 heterocycles. The average molecular weight is 424 g/mol. The molecule has 7 nitrogen and oxygen atoms in total. The highest BCUT2D eigenvalue weighted by molar-refractivity contribution is 5.95. The lowest BCUT2D eigenvalue weighted by atomic mass is 10.1. The van der Waals surface area contributed by atoms with E-state index in [9.17, 15) is 14.0 Å². The van der Waals surface area contributed by atoms with Gasteiger partial charge in [0, 0.05) is 31.1 Å². The van der Waals surface area contributed by atoms with Gasteiger partial charge in [-0.15, -0.1) is 0 Å². The van der Waals surface area contributed by atoms with E-state index in [1.54, 1.807) is 19.2 Å². The predicted molar refractivity (Wildman–Crippen MR) is 115 cm³/mol. The Hall–Kier alpha value is -3.55. The number of halogens is 1. The van der Waals surface area contributed by atoms with E-state index in [1.807, 2.05) is 32.9 Å². The van der Waals surface area contributed by atoms with Gasteiger partial charge in [0.2, 0.25) is 23.5 Å². The molecule has 31 heavy (non-hydrogen) atoms. The van der Waals surface area contributed by atoms with E-state index in [2.05, 4.69) is 15.5 Å². The summed E-state index contributed by atoms with van der Waals surface area (Å²) in [5.74, 6) is -0.190. The summed E-state index contributed by atoms with van der Waals surface area (Å²) in [4.78, 5) is 30.4. The molecule has 0 atom stereocenters. The van der Waals surface area contributed by atoms with Gasteiger partial charge in [-0.25, -0.2) is 4.39 Å². The first-order valence-corrected chi connectivity index (χ1v) is 9.93. The summed E-state index contributed by atoms with van der Waals surface area (Å²) >= 11 is 0.